The number of hydrazone groups is 1. The van der Waals surface area contributed by atoms with Gasteiger partial charge in [0.25, 0.3) is 0 Å². The number of esters is 1. The molecule has 2 aromatic carbocycles. The number of fused-ring (bicyclic) bond motifs is 1. The van der Waals surface area contributed by atoms with Gasteiger partial charge in [0, 0.05) is 25.1 Å². The third-order valence-electron chi connectivity index (χ3n) is 6.12. The highest BCUT2D eigenvalue weighted by atomic mass is 19.1. The van der Waals surface area contributed by atoms with Gasteiger partial charge < -0.3 is 4.74 Å². The second kappa shape index (κ2) is 6.69. The molecule has 4 nitrogen and oxygen atoms in total. The Kier molecular flexibility index (Phi) is 4.44. The number of benzene rings is 2. The third kappa shape index (κ3) is 2.70. The molecule has 2 aliphatic rings. The lowest BCUT2D eigenvalue weighted by atomic mass is 9.75. The highest BCUT2D eigenvalue weighted by molar-refractivity contribution is 6.00. The standard InChI is InChI=1S/C22H22F2N2O2/c1-13-17(5-4-6-18(13)24)22(21(27)28-3)11-16-19(12-22)25-26(2)20(16)14-7-9-15(23)10-8-14/h4-10,16,20H,11-12H2,1-3H3/t16?,20?,22-/m1/s1. The van der Waals surface area contributed by atoms with Crippen molar-refractivity contribution in [1.29, 1.82) is 0 Å². The van der Waals surface area contributed by atoms with Crippen molar-refractivity contribution < 1.29 is 18.3 Å². The quantitative estimate of drug-likeness (QED) is 0.747. The monoisotopic (exact) mass is 384 g/mol. The van der Waals surface area contributed by atoms with Crippen LogP contribution in [0.25, 0.3) is 0 Å². The van der Waals surface area contributed by atoms with Gasteiger partial charge in [0.15, 0.2) is 0 Å². The fourth-order valence-corrected chi connectivity index (χ4v) is 4.83. The molecule has 1 fully saturated rings. The molecule has 6 heteroatoms. The van der Waals surface area contributed by atoms with E-state index in [4.69, 9.17) is 4.74 Å². The number of rotatable bonds is 3. The van der Waals surface area contributed by atoms with Crippen LogP contribution in [-0.4, -0.2) is 30.8 Å². The smallest absolute Gasteiger partial charge is 0.316 e. The van der Waals surface area contributed by atoms with Crippen molar-refractivity contribution in [2.24, 2.45) is 11.0 Å². The van der Waals surface area contributed by atoms with Gasteiger partial charge in [0.1, 0.15) is 11.6 Å². The molecule has 1 aliphatic heterocycles. The molecule has 146 valence electrons. The van der Waals surface area contributed by atoms with E-state index in [9.17, 15) is 13.6 Å². The summed E-state index contributed by atoms with van der Waals surface area (Å²) in [6.07, 6.45) is 0.853. The van der Waals surface area contributed by atoms with Crippen LogP contribution in [0.15, 0.2) is 47.6 Å². The molecule has 4 rings (SSSR count). The molecule has 1 saturated carbocycles. The van der Waals surface area contributed by atoms with Crippen LogP contribution in [-0.2, 0) is 14.9 Å². The number of halogens is 2. The highest BCUT2D eigenvalue weighted by Gasteiger charge is 2.56. The van der Waals surface area contributed by atoms with Crippen molar-refractivity contribution in [2.45, 2.75) is 31.2 Å². The number of nitrogens with zero attached hydrogens (tertiary/aromatic N) is 2. The zero-order valence-electron chi connectivity index (χ0n) is 16.1. The minimum atomic E-state index is -0.968. The van der Waals surface area contributed by atoms with Gasteiger partial charge in [-0.05, 0) is 48.2 Å². The van der Waals surface area contributed by atoms with E-state index in [2.05, 4.69) is 5.10 Å². The second-order valence-corrected chi connectivity index (χ2v) is 7.63. The lowest BCUT2D eigenvalue weighted by Crippen LogP contribution is -2.37. The van der Waals surface area contributed by atoms with Crippen LogP contribution in [0.4, 0.5) is 8.78 Å². The van der Waals surface area contributed by atoms with Crippen LogP contribution >= 0.6 is 0 Å². The van der Waals surface area contributed by atoms with E-state index in [0.717, 1.165) is 11.3 Å². The SMILES string of the molecule is COC(=O)[C@@]1(c2cccc(F)c2C)CC2=NN(C)C(c3ccc(F)cc3)C2C1. The first-order chi connectivity index (χ1) is 13.4. The average Bonchev–Trinajstić information content (AvgIpc) is 3.18. The second-order valence-electron chi connectivity index (χ2n) is 7.63. The Morgan fingerprint density at radius 1 is 1.21 bits per heavy atom. The van der Waals surface area contributed by atoms with Gasteiger partial charge in [-0.3, -0.25) is 9.80 Å². The predicted octanol–water partition coefficient (Wildman–Crippen LogP) is 4.14. The lowest BCUT2D eigenvalue weighted by molar-refractivity contribution is -0.147. The van der Waals surface area contributed by atoms with Crippen LogP contribution in [0, 0.1) is 24.5 Å². The topological polar surface area (TPSA) is 41.9 Å². The summed E-state index contributed by atoms with van der Waals surface area (Å²) in [6, 6.07) is 11.1. The number of methoxy groups -OCH3 is 1. The van der Waals surface area contributed by atoms with E-state index in [1.807, 2.05) is 12.1 Å². The van der Waals surface area contributed by atoms with Crippen molar-refractivity contribution in [3.8, 4) is 0 Å². The summed E-state index contributed by atoms with van der Waals surface area (Å²) >= 11 is 0. The Morgan fingerprint density at radius 2 is 1.93 bits per heavy atom. The summed E-state index contributed by atoms with van der Waals surface area (Å²) in [5.74, 6) is -1.04. The van der Waals surface area contributed by atoms with Gasteiger partial charge in [0.05, 0.1) is 18.6 Å². The maximum atomic E-state index is 14.3. The Balaban J connectivity index is 1.78. The molecule has 2 aromatic rings. The van der Waals surface area contributed by atoms with Crippen molar-refractivity contribution in [2.75, 3.05) is 14.2 Å². The molecule has 1 aliphatic carbocycles. The normalized spacial score (nSPS) is 26.2. The van der Waals surface area contributed by atoms with E-state index in [-0.39, 0.29) is 29.6 Å². The van der Waals surface area contributed by atoms with E-state index in [0.29, 0.717) is 24.0 Å². The molecule has 2 unspecified atom stereocenters. The number of hydrogen-bond acceptors (Lipinski definition) is 4. The summed E-state index contributed by atoms with van der Waals surface area (Å²) in [4.78, 5) is 12.9. The molecule has 0 aromatic heterocycles. The Hall–Kier alpha value is -2.76. The molecule has 0 bridgehead atoms. The molecule has 0 spiro atoms. The maximum absolute atomic E-state index is 14.3. The minimum absolute atomic E-state index is 0.0303. The van der Waals surface area contributed by atoms with Crippen LogP contribution in [0.2, 0.25) is 0 Å². The summed E-state index contributed by atoms with van der Waals surface area (Å²) < 4.78 is 32.8. The molecule has 0 saturated heterocycles. The first-order valence-corrected chi connectivity index (χ1v) is 9.27. The first kappa shape index (κ1) is 18.6. The zero-order chi connectivity index (χ0) is 20.1. The average molecular weight is 384 g/mol. The number of carbonyl (C=O) groups excluding carboxylic acids is 1. The largest absolute Gasteiger partial charge is 0.468 e. The molecule has 0 amide bonds. The van der Waals surface area contributed by atoms with Gasteiger partial charge in [0.2, 0.25) is 0 Å². The van der Waals surface area contributed by atoms with Crippen LogP contribution < -0.4 is 0 Å². The molecular weight excluding hydrogens is 362 g/mol. The van der Waals surface area contributed by atoms with E-state index in [1.54, 1.807) is 31.2 Å². The maximum Gasteiger partial charge on any atom is 0.316 e. The molecule has 3 atom stereocenters. The summed E-state index contributed by atoms with van der Waals surface area (Å²) in [7, 11) is 3.24. The Morgan fingerprint density at radius 3 is 2.61 bits per heavy atom. The van der Waals surface area contributed by atoms with E-state index in [1.165, 1.54) is 25.3 Å². The number of carbonyl (C=O) groups is 1. The third-order valence-corrected chi connectivity index (χ3v) is 6.12. The van der Waals surface area contributed by atoms with Crippen LogP contribution in [0.1, 0.15) is 35.6 Å². The van der Waals surface area contributed by atoms with E-state index < -0.39 is 5.41 Å². The van der Waals surface area contributed by atoms with Gasteiger partial charge in [-0.1, -0.05) is 24.3 Å². The molecule has 0 radical (unpaired) electrons. The molecular formula is C22H22F2N2O2. The van der Waals surface area contributed by atoms with Crippen LogP contribution in [0.3, 0.4) is 0 Å². The summed E-state index contributed by atoms with van der Waals surface area (Å²) in [5.41, 5.74) is 1.97. The van der Waals surface area contributed by atoms with Crippen molar-refractivity contribution in [3.05, 3.63) is 70.8 Å². The summed E-state index contributed by atoms with van der Waals surface area (Å²) in [5, 5.41) is 6.54. The highest BCUT2D eigenvalue weighted by Crippen LogP contribution is 2.52. The lowest BCUT2D eigenvalue weighted by Gasteiger charge is -2.31. The Bertz CT molecular complexity index is 958. The fraction of sp³-hybridized carbons (Fsp3) is 0.364. The van der Waals surface area contributed by atoms with Crippen molar-refractivity contribution in [1.82, 2.24) is 5.01 Å². The van der Waals surface area contributed by atoms with Gasteiger partial charge in [-0.25, -0.2) is 8.78 Å². The van der Waals surface area contributed by atoms with Gasteiger partial charge in [-0.2, -0.15) is 5.10 Å². The fourth-order valence-electron chi connectivity index (χ4n) is 4.83. The Labute approximate surface area is 162 Å². The number of ether oxygens (including phenoxy) is 1. The van der Waals surface area contributed by atoms with Crippen molar-refractivity contribution >= 4 is 11.7 Å². The van der Waals surface area contributed by atoms with Crippen LogP contribution in [0.5, 0.6) is 0 Å². The zero-order valence-corrected chi connectivity index (χ0v) is 16.1. The van der Waals surface area contributed by atoms with E-state index >= 15 is 0 Å². The molecule has 28 heavy (non-hydrogen) atoms. The molecule has 1 heterocycles. The predicted molar refractivity (Wildman–Crippen MR) is 102 cm³/mol. The first-order valence-electron chi connectivity index (χ1n) is 9.27. The van der Waals surface area contributed by atoms with Gasteiger partial charge >= 0.3 is 5.97 Å². The van der Waals surface area contributed by atoms with Crippen molar-refractivity contribution in [3.63, 3.8) is 0 Å². The summed E-state index contributed by atoms with van der Waals surface area (Å²) in [6.45, 7) is 1.69. The number of hydrogen-bond donors (Lipinski definition) is 0. The van der Waals surface area contributed by atoms with Gasteiger partial charge in [-0.15, -0.1) is 0 Å². The minimum Gasteiger partial charge on any atom is -0.468 e. The molecule has 0 N–H and O–H groups in total.